The van der Waals surface area contributed by atoms with Crippen LogP contribution in [0.3, 0.4) is 0 Å². The van der Waals surface area contributed by atoms with Crippen LogP contribution in [0.4, 0.5) is 4.39 Å². The normalized spacial score (nSPS) is 18.7. The third-order valence-electron chi connectivity index (χ3n) is 3.42. The van der Waals surface area contributed by atoms with Crippen LogP contribution in [-0.2, 0) is 9.53 Å². The minimum Gasteiger partial charge on any atom is -0.508 e. The summed E-state index contributed by atoms with van der Waals surface area (Å²) in [6.45, 7) is 0.388. The molecule has 0 aromatic heterocycles. The van der Waals surface area contributed by atoms with Gasteiger partial charge in [0.2, 0.25) is 0 Å². The highest BCUT2D eigenvalue weighted by Crippen LogP contribution is 2.23. The Labute approximate surface area is 116 Å². The number of carbonyl (C=O) groups excluding carboxylic acids is 2. The van der Waals surface area contributed by atoms with Crippen molar-refractivity contribution in [1.82, 2.24) is 4.90 Å². The van der Waals surface area contributed by atoms with Crippen LogP contribution in [0.25, 0.3) is 0 Å². The molecular formula is C14H16FNO4. The summed E-state index contributed by atoms with van der Waals surface area (Å²) < 4.78 is 18.4. The van der Waals surface area contributed by atoms with Crippen LogP contribution in [0.1, 0.15) is 29.6 Å². The van der Waals surface area contributed by atoms with Crippen LogP contribution < -0.4 is 0 Å². The van der Waals surface area contributed by atoms with Crippen molar-refractivity contribution < 1.29 is 23.8 Å². The molecule has 20 heavy (non-hydrogen) atoms. The first-order valence-electron chi connectivity index (χ1n) is 6.42. The maximum atomic E-state index is 13.7. The Hall–Kier alpha value is -2.11. The molecule has 2 rings (SSSR count). The summed E-state index contributed by atoms with van der Waals surface area (Å²) in [6.07, 6.45) is 2.10. The zero-order chi connectivity index (χ0) is 14.7. The summed E-state index contributed by atoms with van der Waals surface area (Å²) in [4.78, 5) is 25.4. The number of carbonyl (C=O) groups is 2. The fourth-order valence-corrected chi connectivity index (χ4v) is 2.39. The third-order valence-corrected chi connectivity index (χ3v) is 3.42. The number of esters is 1. The zero-order valence-electron chi connectivity index (χ0n) is 11.1. The van der Waals surface area contributed by atoms with E-state index in [2.05, 4.69) is 4.74 Å². The number of methoxy groups -OCH3 is 1. The third kappa shape index (κ3) is 2.74. The number of hydrogen-bond donors (Lipinski definition) is 1. The maximum Gasteiger partial charge on any atom is 0.328 e. The van der Waals surface area contributed by atoms with Crippen LogP contribution in [0.2, 0.25) is 0 Å². The van der Waals surface area contributed by atoms with Gasteiger partial charge in [0.25, 0.3) is 5.91 Å². The highest BCUT2D eigenvalue weighted by Gasteiger charge is 2.34. The Morgan fingerprint density at radius 1 is 1.40 bits per heavy atom. The highest BCUT2D eigenvalue weighted by molar-refractivity contribution is 5.97. The van der Waals surface area contributed by atoms with E-state index in [1.165, 1.54) is 24.1 Å². The first kappa shape index (κ1) is 14.3. The lowest BCUT2D eigenvalue weighted by Gasteiger charge is -2.33. The van der Waals surface area contributed by atoms with E-state index in [0.29, 0.717) is 13.0 Å². The first-order chi connectivity index (χ1) is 9.54. The lowest BCUT2D eigenvalue weighted by Crippen LogP contribution is -2.48. The molecule has 5 nitrogen and oxygen atoms in total. The molecule has 1 saturated heterocycles. The van der Waals surface area contributed by atoms with E-state index >= 15 is 0 Å². The van der Waals surface area contributed by atoms with E-state index in [-0.39, 0.29) is 11.3 Å². The highest BCUT2D eigenvalue weighted by atomic mass is 19.1. The molecule has 0 spiro atoms. The van der Waals surface area contributed by atoms with Gasteiger partial charge < -0.3 is 14.7 Å². The van der Waals surface area contributed by atoms with Crippen molar-refractivity contribution in [3.63, 3.8) is 0 Å². The van der Waals surface area contributed by atoms with E-state index in [1.54, 1.807) is 0 Å². The number of amides is 1. The minimum atomic E-state index is -0.802. The molecule has 108 valence electrons. The SMILES string of the molecule is COC(=O)C1CCCCN1C(=O)c1ccc(O)cc1F. The molecule has 1 fully saturated rings. The van der Waals surface area contributed by atoms with Gasteiger partial charge in [-0.2, -0.15) is 0 Å². The molecule has 1 aromatic rings. The lowest BCUT2D eigenvalue weighted by atomic mass is 10.0. The molecule has 1 heterocycles. The Morgan fingerprint density at radius 3 is 2.80 bits per heavy atom. The molecule has 6 heteroatoms. The van der Waals surface area contributed by atoms with E-state index < -0.39 is 23.7 Å². The van der Waals surface area contributed by atoms with Crippen molar-refractivity contribution in [2.45, 2.75) is 25.3 Å². The van der Waals surface area contributed by atoms with Gasteiger partial charge in [-0.05, 0) is 31.4 Å². The van der Waals surface area contributed by atoms with E-state index in [0.717, 1.165) is 18.9 Å². The van der Waals surface area contributed by atoms with Gasteiger partial charge in [-0.25, -0.2) is 9.18 Å². The van der Waals surface area contributed by atoms with Crippen molar-refractivity contribution in [3.05, 3.63) is 29.6 Å². The van der Waals surface area contributed by atoms with Crippen LogP contribution in [0, 0.1) is 5.82 Å². The molecule has 1 atom stereocenters. The monoisotopic (exact) mass is 281 g/mol. The molecule has 1 amide bonds. The molecule has 1 unspecified atom stereocenters. The molecule has 1 aliphatic heterocycles. The summed E-state index contributed by atoms with van der Waals surface area (Å²) in [7, 11) is 1.26. The van der Waals surface area contributed by atoms with Crippen molar-refractivity contribution >= 4 is 11.9 Å². The van der Waals surface area contributed by atoms with E-state index in [9.17, 15) is 14.0 Å². The molecular weight excluding hydrogens is 265 g/mol. The number of benzene rings is 1. The van der Waals surface area contributed by atoms with Crippen molar-refractivity contribution in [2.75, 3.05) is 13.7 Å². The average Bonchev–Trinajstić information content (AvgIpc) is 2.46. The lowest BCUT2D eigenvalue weighted by molar-refractivity contribution is -0.147. The number of aromatic hydroxyl groups is 1. The minimum absolute atomic E-state index is 0.154. The molecule has 1 aromatic carbocycles. The number of halogens is 1. The van der Waals surface area contributed by atoms with Gasteiger partial charge >= 0.3 is 5.97 Å². The number of hydrogen-bond acceptors (Lipinski definition) is 4. The van der Waals surface area contributed by atoms with Gasteiger partial charge in [-0.15, -0.1) is 0 Å². The van der Waals surface area contributed by atoms with Crippen LogP contribution in [0.5, 0.6) is 5.75 Å². The van der Waals surface area contributed by atoms with Crippen LogP contribution in [0.15, 0.2) is 18.2 Å². The van der Waals surface area contributed by atoms with Crippen molar-refractivity contribution in [3.8, 4) is 5.75 Å². The molecule has 0 radical (unpaired) electrons. The number of likely N-dealkylation sites (tertiary alicyclic amines) is 1. The summed E-state index contributed by atoms with van der Waals surface area (Å²) in [5.41, 5.74) is -0.154. The smallest absolute Gasteiger partial charge is 0.328 e. The number of phenolic OH excluding ortho intramolecular Hbond substituents is 1. The predicted molar refractivity (Wildman–Crippen MR) is 68.8 cm³/mol. The van der Waals surface area contributed by atoms with Gasteiger partial charge in [-0.1, -0.05) is 0 Å². The maximum absolute atomic E-state index is 13.7. The molecule has 0 bridgehead atoms. The van der Waals surface area contributed by atoms with Crippen molar-refractivity contribution in [2.24, 2.45) is 0 Å². The second kappa shape index (κ2) is 5.90. The van der Waals surface area contributed by atoms with Gasteiger partial charge in [0.05, 0.1) is 12.7 Å². The fraction of sp³-hybridized carbons (Fsp3) is 0.429. The Morgan fingerprint density at radius 2 is 2.15 bits per heavy atom. The second-order valence-electron chi connectivity index (χ2n) is 4.70. The Balaban J connectivity index is 2.27. The van der Waals surface area contributed by atoms with Gasteiger partial charge in [-0.3, -0.25) is 4.79 Å². The van der Waals surface area contributed by atoms with Crippen LogP contribution >= 0.6 is 0 Å². The number of phenols is 1. The average molecular weight is 281 g/mol. The largest absolute Gasteiger partial charge is 0.508 e. The zero-order valence-corrected chi connectivity index (χ0v) is 11.1. The quantitative estimate of drug-likeness (QED) is 0.838. The summed E-state index contributed by atoms with van der Waals surface area (Å²) in [5, 5.41) is 9.17. The molecule has 1 aliphatic rings. The number of ether oxygens (including phenoxy) is 1. The molecule has 0 saturated carbocycles. The van der Waals surface area contributed by atoms with Crippen LogP contribution in [-0.4, -0.2) is 41.6 Å². The molecule has 1 N–H and O–H groups in total. The van der Waals surface area contributed by atoms with E-state index in [4.69, 9.17) is 5.11 Å². The Kier molecular flexibility index (Phi) is 4.22. The Bertz CT molecular complexity index is 532. The topological polar surface area (TPSA) is 66.8 Å². The van der Waals surface area contributed by atoms with Gasteiger partial charge in [0, 0.05) is 12.6 Å². The second-order valence-corrected chi connectivity index (χ2v) is 4.70. The molecule has 0 aliphatic carbocycles. The number of rotatable bonds is 2. The fourth-order valence-electron chi connectivity index (χ4n) is 2.39. The summed E-state index contributed by atoms with van der Waals surface area (Å²) >= 11 is 0. The van der Waals surface area contributed by atoms with E-state index in [1.807, 2.05) is 0 Å². The van der Waals surface area contributed by atoms with Gasteiger partial charge in [0.1, 0.15) is 17.6 Å². The predicted octanol–water partition coefficient (Wildman–Crippen LogP) is 1.70. The summed E-state index contributed by atoms with van der Waals surface area (Å²) in [5.74, 6) is -2.10. The summed E-state index contributed by atoms with van der Waals surface area (Å²) in [6, 6.07) is 2.67. The standard InChI is InChI=1S/C14H16FNO4/c1-20-14(19)12-4-2-3-7-16(12)13(18)10-6-5-9(17)8-11(10)15/h5-6,8,12,17H,2-4,7H2,1H3. The van der Waals surface area contributed by atoms with Gasteiger partial charge in [0.15, 0.2) is 0 Å². The number of piperidine rings is 1. The van der Waals surface area contributed by atoms with Crippen molar-refractivity contribution in [1.29, 1.82) is 0 Å². The number of nitrogens with zero attached hydrogens (tertiary/aromatic N) is 1. The first-order valence-corrected chi connectivity index (χ1v) is 6.42.